The number of piperazine rings is 1. The van der Waals surface area contributed by atoms with Crippen molar-refractivity contribution in [3.8, 4) is 0 Å². The van der Waals surface area contributed by atoms with E-state index in [1.165, 1.54) is 6.07 Å². The molecule has 1 fully saturated rings. The summed E-state index contributed by atoms with van der Waals surface area (Å²) in [7, 11) is 5.35. The molecular formula is C18H28FN5O2. The Morgan fingerprint density at radius 1 is 1.27 bits per heavy atom. The van der Waals surface area contributed by atoms with Gasteiger partial charge in [-0.3, -0.25) is 4.99 Å². The van der Waals surface area contributed by atoms with E-state index >= 15 is 0 Å². The van der Waals surface area contributed by atoms with E-state index < -0.39 is 0 Å². The molecule has 0 bridgehead atoms. The SMILES string of the molecule is CCOC(=O)N1CCN(C(=NC)NCc2ccc(N(C)C)c(F)c2)CC1. The third kappa shape index (κ3) is 5.00. The predicted molar refractivity (Wildman–Crippen MR) is 101 cm³/mol. The first kappa shape index (κ1) is 19.8. The fraction of sp³-hybridized carbons (Fsp3) is 0.556. The quantitative estimate of drug-likeness (QED) is 0.651. The van der Waals surface area contributed by atoms with Crippen molar-refractivity contribution in [1.29, 1.82) is 0 Å². The Hall–Kier alpha value is -2.51. The van der Waals surface area contributed by atoms with Crippen LogP contribution in [0.1, 0.15) is 12.5 Å². The standard InChI is InChI=1S/C18H28FN5O2/c1-5-26-18(25)24-10-8-23(9-11-24)17(20-2)21-13-14-6-7-16(22(3)4)15(19)12-14/h6-7,12H,5,8-11,13H2,1-4H3,(H,20,21). The van der Waals surface area contributed by atoms with Gasteiger partial charge in [-0.15, -0.1) is 0 Å². The number of carbonyl (C=O) groups is 1. The van der Waals surface area contributed by atoms with Gasteiger partial charge >= 0.3 is 6.09 Å². The van der Waals surface area contributed by atoms with Crippen molar-refractivity contribution in [1.82, 2.24) is 15.1 Å². The Morgan fingerprint density at radius 2 is 1.92 bits per heavy atom. The van der Waals surface area contributed by atoms with Crippen LogP contribution < -0.4 is 10.2 Å². The van der Waals surface area contributed by atoms with Crippen molar-refractivity contribution in [2.24, 2.45) is 4.99 Å². The van der Waals surface area contributed by atoms with Crippen LogP contribution in [0.2, 0.25) is 0 Å². The summed E-state index contributed by atoms with van der Waals surface area (Å²) in [5.41, 5.74) is 1.41. The van der Waals surface area contributed by atoms with Crippen LogP contribution in [0.4, 0.5) is 14.9 Å². The number of hydrogen-bond donors (Lipinski definition) is 1. The van der Waals surface area contributed by atoms with Crippen LogP contribution >= 0.6 is 0 Å². The molecule has 0 aromatic heterocycles. The third-order valence-electron chi connectivity index (χ3n) is 4.26. The number of nitrogens with zero attached hydrogens (tertiary/aromatic N) is 4. The van der Waals surface area contributed by atoms with Crippen LogP contribution in [0.3, 0.4) is 0 Å². The van der Waals surface area contributed by atoms with E-state index in [1.54, 1.807) is 29.8 Å². The predicted octanol–water partition coefficient (Wildman–Crippen LogP) is 1.74. The first-order chi connectivity index (χ1) is 12.5. The lowest BCUT2D eigenvalue weighted by Crippen LogP contribution is -2.53. The number of hydrogen-bond acceptors (Lipinski definition) is 4. The zero-order valence-electron chi connectivity index (χ0n) is 16.0. The van der Waals surface area contributed by atoms with Crippen molar-refractivity contribution in [3.63, 3.8) is 0 Å². The molecule has 8 heteroatoms. The molecule has 0 spiro atoms. The number of halogens is 1. The maximum atomic E-state index is 14.1. The molecule has 0 atom stereocenters. The Morgan fingerprint density at radius 3 is 2.46 bits per heavy atom. The molecule has 0 unspecified atom stereocenters. The molecule has 1 saturated heterocycles. The average Bonchev–Trinajstić information content (AvgIpc) is 2.62. The fourth-order valence-corrected chi connectivity index (χ4v) is 2.85. The van der Waals surface area contributed by atoms with E-state index in [1.807, 2.05) is 20.2 Å². The zero-order chi connectivity index (χ0) is 19.1. The van der Waals surface area contributed by atoms with Gasteiger partial charge in [-0.25, -0.2) is 9.18 Å². The van der Waals surface area contributed by atoms with E-state index in [0.29, 0.717) is 45.0 Å². The van der Waals surface area contributed by atoms with Gasteiger partial charge < -0.3 is 24.8 Å². The van der Waals surface area contributed by atoms with Crippen molar-refractivity contribution < 1.29 is 13.9 Å². The minimum atomic E-state index is -0.272. The number of ether oxygens (including phenoxy) is 1. The van der Waals surface area contributed by atoms with E-state index in [-0.39, 0.29) is 11.9 Å². The molecule has 1 aliphatic rings. The summed E-state index contributed by atoms with van der Waals surface area (Å²) < 4.78 is 19.1. The first-order valence-corrected chi connectivity index (χ1v) is 8.79. The van der Waals surface area contributed by atoms with Crippen molar-refractivity contribution in [2.45, 2.75) is 13.5 Å². The maximum Gasteiger partial charge on any atom is 0.409 e. The second kappa shape index (κ2) is 9.26. The molecule has 1 aromatic carbocycles. The summed E-state index contributed by atoms with van der Waals surface area (Å²) in [6, 6.07) is 5.21. The van der Waals surface area contributed by atoms with Crippen molar-refractivity contribution in [3.05, 3.63) is 29.6 Å². The number of amides is 1. The number of anilines is 1. The topological polar surface area (TPSA) is 60.4 Å². The first-order valence-electron chi connectivity index (χ1n) is 8.79. The molecule has 1 aromatic rings. The highest BCUT2D eigenvalue weighted by molar-refractivity contribution is 5.80. The van der Waals surface area contributed by atoms with Crippen LogP contribution in [-0.4, -0.2) is 75.8 Å². The van der Waals surface area contributed by atoms with E-state index in [9.17, 15) is 9.18 Å². The summed E-state index contributed by atoms with van der Waals surface area (Å²) in [4.78, 5) is 21.6. The lowest BCUT2D eigenvalue weighted by Gasteiger charge is -2.35. The molecule has 1 heterocycles. The lowest BCUT2D eigenvalue weighted by molar-refractivity contribution is 0.0914. The largest absolute Gasteiger partial charge is 0.450 e. The molecule has 2 rings (SSSR count). The van der Waals surface area contributed by atoms with Crippen molar-refractivity contribution in [2.75, 3.05) is 58.8 Å². The van der Waals surface area contributed by atoms with Gasteiger partial charge in [0.25, 0.3) is 0 Å². The second-order valence-corrected chi connectivity index (χ2v) is 6.25. The van der Waals surface area contributed by atoms with Crippen LogP contribution in [0.15, 0.2) is 23.2 Å². The van der Waals surface area contributed by atoms with Gasteiger partial charge in [-0.2, -0.15) is 0 Å². The van der Waals surface area contributed by atoms with Gasteiger partial charge in [-0.1, -0.05) is 6.07 Å². The summed E-state index contributed by atoms with van der Waals surface area (Å²) in [6.45, 7) is 5.19. The number of nitrogens with one attached hydrogen (secondary N) is 1. The van der Waals surface area contributed by atoms with Crippen LogP contribution in [0.5, 0.6) is 0 Å². The molecule has 26 heavy (non-hydrogen) atoms. The highest BCUT2D eigenvalue weighted by atomic mass is 19.1. The lowest BCUT2D eigenvalue weighted by atomic mass is 10.2. The van der Waals surface area contributed by atoms with Crippen LogP contribution in [0, 0.1) is 5.82 Å². The fourth-order valence-electron chi connectivity index (χ4n) is 2.85. The minimum Gasteiger partial charge on any atom is -0.450 e. The van der Waals surface area contributed by atoms with Gasteiger partial charge in [0, 0.05) is 53.9 Å². The van der Waals surface area contributed by atoms with Gasteiger partial charge in [-0.05, 0) is 24.6 Å². The Bertz CT molecular complexity index is 642. The van der Waals surface area contributed by atoms with E-state index in [2.05, 4.69) is 15.2 Å². The van der Waals surface area contributed by atoms with Crippen molar-refractivity contribution >= 4 is 17.7 Å². The minimum absolute atomic E-state index is 0.243. The monoisotopic (exact) mass is 365 g/mol. The number of benzene rings is 1. The average molecular weight is 365 g/mol. The van der Waals surface area contributed by atoms with E-state index in [4.69, 9.17) is 4.74 Å². The van der Waals surface area contributed by atoms with Gasteiger partial charge in [0.15, 0.2) is 5.96 Å². The summed E-state index contributed by atoms with van der Waals surface area (Å²) >= 11 is 0. The second-order valence-electron chi connectivity index (χ2n) is 6.25. The molecular weight excluding hydrogens is 337 g/mol. The van der Waals surface area contributed by atoms with Crippen LogP contribution in [0.25, 0.3) is 0 Å². The maximum absolute atomic E-state index is 14.1. The highest BCUT2D eigenvalue weighted by Crippen LogP contribution is 2.18. The van der Waals surface area contributed by atoms with E-state index in [0.717, 1.165) is 11.5 Å². The third-order valence-corrected chi connectivity index (χ3v) is 4.26. The summed E-state index contributed by atoms with van der Waals surface area (Å²) in [6.07, 6.45) is -0.272. The molecule has 0 saturated carbocycles. The molecule has 1 N–H and O–H groups in total. The molecule has 0 aliphatic carbocycles. The molecule has 7 nitrogen and oxygen atoms in total. The summed E-state index contributed by atoms with van der Waals surface area (Å²) in [5.74, 6) is 0.498. The Balaban J connectivity index is 1.89. The molecule has 144 valence electrons. The smallest absolute Gasteiger partial charge is 0.409 e. The molecule has 1 aliphatic heterocycles. The molecule has 1 amide bonds. The highest BCUT2D eigenvalue weighted by Gasteiger charge is 2.23. The van der Waals surface area contributed by atoms with Gasteiger partial charge in [0.1, 0.15) is 5.82 Å². The Kier molecular flexibility index (Phi) is 7.06. The van der Waals surface area contributed by atoms with Gasteiger partial charge in [0.05, 0.1) is 12.3 Å². The number of rotatable bonds is 4. The number of aliphatic imine (C=N–C) groups is 1. The zero-order valence-corrected chi connectivity index (χ0v) is 16.0. The van der Waals surface area contributed by atoms with Gasteiger partial charge in [0.2, 0.25) is 0 Å². The normalized spacial score (nSPS) is 15.0. The summed E-state index contributed by atoms with van der Waals surface area (Å²) in [5, 5.41) is 3.26. The number of carbonyl (C=O) groups excluding carboxylic acids is 1. The van der Waals surface area contributed by atoms with Crippen LogP contribution in [-0.2, 0) is 11.3 Å². The Labute approximate surface area is 154 Å². The number of guanidine groups is 1. The molecule has 0 radical (unpaired) electrons.